The van der Waals surface area contributed by atoms with Gasteiger partial charge in [-0.3, -0.25) is 24.0 Å². The van der Waals surface area contributed by atoms with Gasteiger partial charge in [0, 0.05) is 24.9 Å². The van der Waals surface area contributed by atoms with Crippen LogP contribution in [0.15, 0.2) is 30.3 Å². The molecule has 278 valence electrons. The van der Waals surface area contributed by atoms with Crippen LogP contribution in [0, 0.1) is 11.3 Å². The van der Waals surface area contributed by atoms with Gasteiger partial charge in [-0.25, -0.2) is 13.6 Å². The highest BCUT2D eigenvalue weighted by atomic mass is 19.3. The summed E-state index contributed by atoms with van der Waals surface area (Å²) in [6, 6.07) is 7.02. The lowest BCUT2D eigenvalue weighted by Crippen LogP contribution is -2.57. The van der Waals surface area contributed by atoms with Gasteiger partial charge < -0.3 is 31.3 Å². The molecule has 2 aliphatic rings. The smallest absolute Gasteiger partial charge is 0.325 e. The van der Waals surface area contributed by atoms with Crippen molar-refractivity contribution in [2.75, 3.05) is 13.1 Å². The van der Waals surface area contributed by atoms with E-state index in [0.29, 0.717) is 6.54 Å². The van der Waals surface area contributed by atoms with Crippen LogP contribution >= 0.6 is 0 Å². The van der Waals surface area contributed by atoms with Crippen molar-refractivity contribution >= 4 is 36.0 Å². The van der Waals surface area contributed by atoms with Gasteiger partial charge >= 0.3 is 12.0 Å². The summed E-state index contributed by atoms with van der Waals surface area (Å²) in [6.45, 7) is 16.8. The molecule has 5 amide bonds. The largest absolute Gasteiger partial charge is 0.460 e. The molecule has 0 radical (unpaired) electrons. The molecule has 2 fully saturated rings. The summed E-state index contributed by atoms with van der Waals surface area (Å²) >= 11 is 0. The highest BCUT2D eigenvalue weighted by Crippen LogP contribution is 2.51. The quantitative estimate of drug-likeness (QED) is 0.141. The SMILES string of the molecule is CC1CCCN1C(=O)C(NC(=O)NCC(=O)OCc1ccccc1)C(C)(C)C.CCC.CCC.NC(=O)C(=O)C(CC1CC1(F)F)NC=O. The lowest BCUT2D eigenvalue weighted by molar-refractivity contribution is -0.143. The lowest BCUT2D eigenvalue weighted by atomic mass is 9.85. The van der Waals surface area contributed by atoms with Gasteiger partial charge in [-0.2, -0.15) is 0 Å². The number of nitrogens with one attached hydrogen (secondary N) is 3. The van der Waals surface area contributed by atoms with E-state index in [4.69, 9.17) is 10.5 Å². The van der Waals surface area contributed by atoms with E-state index in [1.165, 1.54) is 12.8 Å². The van der Waals surface area contributed by atoms with Crippen molar-refractivity contribution in [3.63, 3.8) is 0 Å². The molecule has 4 unspecified atom stereocenters. The van der Waals surface area contributed by atoms with E-state index < -0.39 is 53.0 Å². The molecular weight excluding hydrogens is 640 g/mol. The molecule has 14 heteroatoms. The van der Waals surface area contributed by atoms with Gasteiger partial charge in [-0.05, 0) is 37.2 Å². The zero-order chi connectivity index (χ0) is 37.8. The minimum Gasteiger partial charge on any atom is -0.460 e. The molecule has 3 rings (SSSR count). The highest BCUT2D eigenvalue weighted by molar-refractivity contribution is 6.37. The van der Waals surface area contributed by atoms with E-state index in [1.54, 1.807) is 0 Å². The number of Topliss-reactive ketones (excluding diaryl/α,β-unsaturated/α-hetero) is 1. The number of hydrogen-bond acceptors (Lipinski definition) is 7. The number of carbonyl (C=O) groups is 6. The Kier molecular flexibility index (Phi) is 20.6. The molecule has 4 atom stereocenters. The molecule has 1 aromatic carbocycles. The molecule has 5 N–H and O–H groups in total. The standard InChI is InChI=1S/C21H31N3O4.C8H10F2N2O3.2C3H8/c1-15-9-8-12-24(15)19(26)18(21(2,3)4)23-20(27)22-13-17(25)28-14-16-10-6-5-7-11-16;9-8(10)2-4(8)1-5(12-3-13)6(14)7(11)15;2*1-3-2/h5-7,10-11,15,18H,8-9,12-14H2,1-4H3,(H2,22,23,27);3-5H,1-2H2,(H2,11,15)(H,12,13);2*3H2,1-2H3. The third-order valence-corrected chi connectivity index (χ3v) is 7.16. The average molecular weight is 698 g/mol. The van der Waals surface area contributed by atoms with Gasteiger partial charge in [0.15, 0.2) is 0 Å². The Balaban J connectivity index is 0.000000916. The summed E-state index contributed by atoms with van der Waals surface area (Å²) < 4.78 is 30.2. The maximum atomic E-state index is 12.9. The molecular formula is C35H57F2N5O7. The second kappa shape index (κ2) is 22.5. The number of primary amides is 1. The zero-order valence-electron chi connectivity index (χ0n) is 30.3. The van der Waals surface area contributed by atoms with Crippen molar-refractivity contribution < 1.29 is 42.3 Å². The molecule has 1 aromatic rings. The molecule has 1 saturated heterocycles. The summed E-state index contributed by atoms with van der Waals surface area (Å²) in [5, 5.41) is 7.23. The number of likely N-dealkylation sites (tertiary alicyclic amines) is 1. The van der Waals surface area contributed by atoms with Crippen molar-refractivity contribution in [2.45, 2.75) is 125 Å². The Hall–Kier alpha value is -4.10. The van der Waals surface area contributed by atoms with Crippen LogP contribution in [-0.2, 0) is 35.3 Å². The van der Waals surface area contributed by atoms with Crippen LogP contribution < -0.4 is 21.7 Å². The van der Waals surface area contributed by atoms with Crippen molar-refractivity contribution in [1.82, 2.24) is 20.9 Å². The number of halogens is 2. The van der Waals surface area contributed by atoms with E-state index in [1.807, 2.05) is 68.2 Å². The van der Waals surface area contributed by atoms with Crippen LogP contribution in [0.1, 0.15) is 99.5 Å². The van der Waals surface area contributed by atoms with E-state index in [-0.39, 0.29) is 44.4 Å². The van der Waals surface area contributed by atoms with Crippen LogP contribution in [0.5, 0.6) is 0 Å². The van der Waals surface area contributed by atoms with Crippen LogP contribution in [0.2, 0.25) is 0 Å². The third-order valence-electron chi connectivity index (χ3n) is 7.16. The van der Waals surface area contributed by atoms with Crippen molar-refractivity contribution in [3.8, 4) is 0 Å². The maximum absolute atomic E-state index is 12.9. The molecule has 0 aromatic heterocycles. The number of hydrogen-bond donors (Lipinski definition) is 4. The number of alkyl halides is 2. The van der Waals surface area contributed by atoms with Crippen LogP contribution in [0.4, 0.5) is 13.6 Å². The fourth-order valence-corrected chi connectivity index (χ4v) is 4.51. The molecule has 1 saturated carbocycles. The fraction of sp³-hybridized carbons (Fsp3) is 0.657. The molecule has 49 heavy (non-hydrogen) atoms. The Morgan fingerprint density at radius 3 is 2.04 bits per heavy atom. The first kappa shape index (κ1) is 44.9. The molecule has 1 heterocycles. The van der Waals surface area contributed by atoms with Crippen molar-refractivity contribution in [2.24, 2.45) is 17.1 Å². The van der Waals surface area contributed by atoms with E-state index in [0.717, 1.165) is 18.4 Å². The van der Waals surface area contributed by atoms with Crippen molar-refractivity contribution in [1.29, 1.82) is 0 Å². The van der Waals surface area contributed by atoms with E-state index in [2.05, 4.69) is 38.3 Å². The van der Waals surface area contributed by atoms with E-state index in [9.17, 15) is 37.5 Å². The number of amides is 5. The average Bonchev–Trinajstić information content (AvgIpc) is 3.40. The fourth-order valence-electron chi connectivity index (χ4n) is 4.51. The number of esters is 1. The van der Waals surface area contributed by atoms with Crippen LogP contribution in [-0.4, -0.2) is 78.0 Å². The summed E-state index contributed by atoms with van der Waals surface area (Å²) in [6.07, 6.45) is 4.06. The number of benzene rings is 1. The van der Waals surface area contributed by atoms with Gasteiger partial charge in [0.25, 0.3) is 11.8 Å². The predicted molar refractivity (Wildman–Crippen MR) is 183 cm³/mol. The number of urea groups is 1. The second-order valence-corrected chi connectivity index (χ2v) is 13.2. The Labute approximate surface area is 289 Å². The first-order chi connectivity index (χ1) is 22.9. The number of ether oxygens (including phenoxy) is 1. The number of nitrogens with two attached hydrogens (primary N) is 1. The minimum absolute atomic E-state index is 0.0840. The van der Waals surface area contributed by atoms with Gasteiger partial charge in [0.1, 0.15) is 19.2 Å². The highest BCUT2D eigenvalue weighted by Gasteiger charge is 2.57. The first-order valence-electron chi connectivity index (χ1n) is 16.8. The molecule has 0 spiro atoms. The van der Waals surface area contributed by atoms with E-state index >= 15 is 0 Å². The summed E-state index contributed by atoms with van der Waals surface area (Å²) in [4.78, 5) is 70.6. The zero-order valence-corrected chi connectivity index (χ0v) is 30.3. The van der Waals surface area contributed by atoms with Gasteiger partial charge in [0.2, 0.25) is 18.1 Å². The number of ketones is 1. The Morgan fingerprint density at radius 2 is 1.61 bits per heavy atom. The number of rotatable bonds is 12. The minimum atomic E-state index is -2.79. The maximum Gasteiger partial charge on any atom is 0.325 e. The number of nitrogens with zero attached hydrogens (tertiary/aromatic N) is 1. The summed E-state index contributed by atoms with van der Waals surface area (Å²) in [5.74, 6) is -6.66. The third kappa shape index (κ3) is 17.7. The molecule has 12 nitrogen and oxygen atoms in total. The number of carbonyl (C=O) groups excluding carboxylic acids is 6. The normalized spacial score (nSPS) is 18.2. The lowest BCUT2D eigenvalue weighted by Gasteiger charge is -2.35. The van der Waals surface area contributed by atoms with Crippen molar-refractivity contribution in [3.05, 3.63) is 35.9 Å². The second-order valence-electron chi connectivity index (χ2n) is 13.2. The Morgan fingerprint density at radius 1 is 1.06 bits per heavy atom. The van der Waals surface area contributed by atoms with Gasteiger partial charge in [-0.1, -0.05) is 91.6 Å². The summed E-state index contributed by atoms with van der Waals surface area (Å²) in [7, 11) is 0. The van der Waals surface area contributed by atoms with Crippen LogP contribution in [0.25, 0.3) is 0 Å². The van der Waals surface area contributed by atoms with Gasteiger partial charge in [0.05, 0.1) is 6.04 Å². The topological polar surface area (TPSA) is 177 Å². The molecule has 0 bridgehead atoms. The summed E-state index contributed by atoms with van der Waals surface area (Å²) in [5.41, 5.74) is 5.12. The first-order valence-corrected chi connectivity index (χ1v) is 16.8. The molecule has 1 aliphatic heterocycles. The predicted octanol–water partition coefficient (Wildman–Crippen LogP) is 4.49. The monoisotopic (exact) mass is 697 g/mol. The molecule has 1 aliphatic carbocycles. The van der Waals surface area contributed by atoms with Gasteiger partial charge in [-0.15, -0.1) is 0 Å². The van der Waals surface area contributed by atoms with Crippen LogP contribution in [0.3, 0.4) is 0 Å². The Bertz CT molecular complexity index is 1190.